The maximum Gasteiger partial charge on any atom is 0.328 e. The Labute approximate surface area is 175 Å². The summed E-state index contributed by atoms with van der Waals surface area (Å²) in [5.74, 6) is 0.399. The Morgan fingerprint density at radius 1 is 1.24 bits per heavy atom. The van der Waals surface area contributed by atoms with Crippen LogP contribution in [0.15, 0.2) is 46.8 Å². The molecule has 0 bridgehead atoms. The highest BCUT2D eigenvalue weighted by Crippen LogP contribution is 2.32. The van der Waals surface area contributed by atoms with E-state index in [-0.39, 0.29) is 18.1 Å². The van der Waals surface area contributed by atoms with Crippen LogP contribution in [0.2, 0.25) is 0 Å². The largest absolute Gasteiger partial charge is 0.341 e. The van der Waals surface area contributed by atoms with Crippen LogP contribution in [0.5, 0.6) is 0 Å². The number of aromatic nitrogens is 3. The third kappa shape index (κ3) is 4.22. The van der Waals surface area contributed by atoms with Crippen LogP contribution in [0.25, 0.3) is 10.6 Å². The second-order valence-corrected chi connectivity index (χ2v) is 8.45. The number of carbonyl (C=O) groups excluding carboxylic acids is 1. The van der Waals surface area contributed by atoms with Crippen LogP contribution in [-0.4, -0.2) is 45.9 Å². The topological polar surface area (TPSA) is 60.1 Å². The fraction of sp³-hybridized carbons (Fsp3) is 0.381. The molecule has 3 heterocycles. The van der Waals surface area contributed by atoms with Gasteiger partial charge in [-0.3, -0.25) is 13.9 Å². The van der Waals surface area contributed by atoms with E-state index in [0.29, 0.717) is 25.6 Å². The zero-order valence-corrected chi connectivity index (χ0v) is 17.7. The molecule has 0 atom stereocenters. The van der Waals surface area contributed by atoms with Gasteiger partial charge in [-0.25, -0.2) is 9.78 Å². The van der Waals surface area contributed by atoms with Gasteiger partial charge in [0.05, 0.1) is 5.69 Å². The molecular weight excluding hydrogens is 383 g/mol. The second-order valence-electron chi connectivity index (χ2n) is 7.60. The first kappa shape index (κ1) is 19.7. The Morgan fingerprint density at radius 2 is 2.00 bits per heavy atom. The fourth-order valence-electron chi connectivity index (χ4n) is 3.87. The first-order valence-corrected chi connectivity index (χ1v) is 11.0. The number of rotatable bonds is 5. The van der Waals surface area contributed by atoms with Gasteiger partial charge in [0.1, 0.15) is 19.4 Å². The van der Waals surface area contributed by atoms with Gasteiger partial charge in [0.2, 0.25) is 5.91 Å². The van der Waals surface area contributed by atoms with Gasteiger partial charge in [-0.15, -0.1) is 11.3 Å². The predicted molar refractivity (Wildman–Crippen MR) is 119 cm³/mol. The Bertz CT molecular complexity index is 1060. The van der Waals surface area contributed by atoms with Crippen LogP contribution in [0, 0.1) is 0 Å². The van der Waals surface area contributed by atoms with E-state index in [1.165, 1.54) is 15.6 Å². The molecule has 1 saturated heterocycles. The van der Waals surface area contributed by atoms with Crippen molar-refractivity contribution >= 4 is 30.6 Å². The molecule has 29 heavy (non-hydrogen) atoms. The van der Waals surface area contributed by atoms with Crippen LogP contribution >= 0.6 is 11.3 Å². The van der Waals surface area contributed by atoms with Crippen LogP contribution in [0.1, 0.15) is 31.4 Å². The average Bonchev–Trinajstić information content (AvgIpc) is 3.36. The van der Waals surface area contributed by atoms with E-state index < -0.39 is 0 Å². The third-order valence-corrected chi connectivity index (χ3v) is 6.53. The molecule has 0 radical (unpaired) electrons. The van der Waals surface area contributed by atoms with Gasteiger partial charge >= 0.3 is 5.69 Å². The molecule has 0 saturated carbocycles. The number of aryl methyl sites for hydroxylation is 1. The number of nitrogens with zero attached hydrogens (tertiary/aromatic N) is 4. The summed E-state index contributed by atoms with van der Waals surface area (Å²) in [6.45, 7) is 4.07. The maximum atomic E-state index is 12.6. The van der Waals surface area contributed by atoms with Crippen molar-refractivity contribution in [2.24, 2.45) is 0 Å². The van der Waals surface area contributed by atoms with E-state index in [1.54, 1.807) is 28.3 Å². The van der Waals surface area contributed by atoms with Crippen molar-refractivity contribution in [3.05, 3.63) is 58.2 Å². The fourth-order valence-corrected chi connectivity index (χ4v) is 4.77. The van der Waals surface area contributed by atoms with Crippen molar-refractivity contribution in [1.29, 1.82) is 0 Å². The molecule has 1 aliphatic rings. The van der Waals surface area contributed by atoms with Crippen molar-refractivity contribution in [3.8, 4) is 10.6 Å². The second kappa shape index (κ2) is 8.41. The first-order valence-electron chi connectivity index (χ1n) is 10.1. The molecule has 2 aromatic heterocycles. The van der Waals surface area contributed by atoms with Gasteiger partial charge in [0.25, 0.3) is 0 Å². The number of hydrogen-bond acceptors (Lipinski definition) is 4. The molecule has 1 amide bonds. The number of thiazole rings is 1. The predicted octanol–water partition coefficient (Wildman–Crippen LogP) is 1.46. The summed E-state index contributed by atoms with van der Waals surface area (Å²) in [6.07, 6.45) is 5.25. The molecule has 0 spiro atoms. The van der Waals surface area contributed by atoms with Gasteiger partial charge in [-0.1, -0.05) is 29.7 Å². The molecule has 8 heteroatoms. The van der Waals surface area contributed by atoms with Crippen molar-refractivity contribution in [1.82, 2.24) is 19.0 Å². The lowest BCUT2D eigenvalue weighted by Gasteiger charge is -2.31. The maximum absolute atomic E-state index is 12.6. The number of piperidine rings is 1. The van der Waals surface area contributed by atoms with E-state index in [2.05, 4.69) is 37.5 Å². The minimum absolute atomic E-state index is 0.0122. The number of benzene rings is 1. The monoisotopic (exact) mass is 408 g/mol. The quantitative estimate of drug-likeness (QED) is 0.601. The molecule has 1 fully saturated rings. The molecule has 1 aliphatic heterocycles. The van der Waals surface area contributed by atoms with Gasteiger partial charge in [-0.05, 0) is 19.8 Å². The molecular formula is C21H25BN4O2S. The van der Waals surface area contributed by atoms with Crippen LogP contribution < -0.4 is 11.2 Å². The van der Waals surface area contributed by atoms with Gasteiger partial charge in [-0.2, -0.15) is 0 Å². The molecule has 0 unspecified atom stereocenters. The van der Waals surface area contributed by atoms with Crippen molar-refractivity contribution in [3.63, 3.8) is 0 Å². The molecule has 0 N–H and O–H groups in total. The van der Waals surface area contributed by atoms with Crippen LogP contribution in [-0.2, 0) is 17.9 Å². The minimum atomic E-state index is -0.123. The summed E-state index contributed by atoms with van der Waals surface area (Å²) in [5.41, 5.74) is 3.41. The van der Waals surface area contributed by atoms with E-state index in [0.717, 1.165) is 23.5 Å². The molecule has 1 aromatic carbocycles. The Balaban J connectivity index is 1.36. The normalized spacial score (nSPS) is 15.0. The number of hydrogen-bond donors (Lipinski definition) is 0. The van der Waals surface area contributed by atoms with Gasteiger partial charge < -0.3 is 4.90 Å². The summed E-state index contributed by atoms with van der Waals surface area (Å²) in [7, 11) is 2.09. The van der Waals surface area contributed by atoms with Crippen molar-refractivity contribution < 1.29 is 4.79 Å². The molecule has 0 aliphatic carbocycles. The first-order chi connectivity index (χ1) is 14.0. The summed E-state index contributed by atoms with van der Waals surface area (Å²) in [4.78, 5) is 31.5. The summed E-state index contributed by atoms with van der Waals surface area (Å²) in [6, 6.07) is 8.42. The molecule has 3 aromatic rings. The summed E-state index contributed by atoms with van der Waals surface area (Å²) < 4.78 is 3.10. The van der Waals surface area contributed by atoms with E-state index in [9.17, 15) is 9.59 Å². The van der Waals surface area contributed by atoms with E-state index >= 15 is 0 Å². The SMILES string of the molecule is Bc1cccc(-c2nc(C3CCN(C(=O)Cn4ccn(CC)c4=O)CC3)cs2)c1. The standard InChI is InChI=1S/C21H25BN4O2S/c1-2-24-10-11-26(21(24)28)13-19(27)25-8-6-15(7-9-25)18-14-29-20(23-18)16-4-3-5-17(22)12-16/h3-5,10-12,14-15H,2,6-9,13,22H2,1H3. The highest BCUT2D eigenvalue weighted by Gasteiger charge is 2.26. The zero-order valence-electron chi connectivity index (χ0n) is 16.9. The number of carbonyl (C=O) groups is 1. The molecule has 6 nitrogen and oxygen atoms in total. The Kier molecular flexibility index (Phi) is 5.71. The lowest BCUT2D eigenvalue weighted by Crippen LogP contribution is -2.41. The number of amides is 1. The van der Waals surface area contributed by atoms with E-state index in [4.69, 9.17) is 4.98 Å². The van der Waals surface area contributed by atoms with Gasteiger partial charge in [0.15, 0.2) is 0 Å². The van der Waals surface area contributed by atoms with Crippen LogP contribution in [0.4, 0.5) is 0 Å². The van der Waals surface area contributed by atoms with Gasteiger partial charge in [0, 0.05) is 48.9 Å². The Hall–Kier alpha value is -2.61. The zero-order chi connectivity index (χ0) is 20.4. The lowest BCUT2D eigenvalue weighted by molar-refractivity contribution is -0.132. The lowest BCUT2D eigenvalue weighted by atomic mass is 9.93. The third-order valence-electron chi connectivity index (χ3n) is 5.62. The van der Waals surface area contributed by atoms with Crippen LogP contribution in [0.3, 0.4) is 0 Å². The number of imidazole rings is 1. The minimum Gasteiger partial charge on any atom is -0.341 e. The smallest absolute Gasteiger partial charge is 0.328 e. The summed E-state index contributed by atoms with van der Waals surface area (Å²) in [5, 5.41) is 3.22. The highest BCUT2D eigenvalue weighted by atomic mass is 32.1. The summed E-state index contributed by atoms with van der Waals surface area (Å²) >= 11 is 1.69. The Morgan fingerprint density at radius 3 is 2.69 bits per heavy atom. The average molecular weight is 408 g/mol. The van der Waals surface area contributed by atoms with E-state index in [1.807, 2.05) is 11.8 Å². The van der Waals surface area contributed by atoms with Crippen molar-refractivity contribution in [2.45, 2.75) is 38.8 Å². The highest BCUT2D eigenvalue weighted by molar-refractivity contribution is 7.13. The number of likely N-dealkylation sites (tertiary alicyclic amines) is 1. The van der Waals surface area contributed by atoms with Crippen molar-refractivity contribution in [2.75, 3.05) is 13.1 Å². The molecule has 4 rings (SSSR count). The molecule has 150 valence electrons.